The number of nitrogens with zero attached hydrogens (tertiary/aromatic N) is 2. The van der Waals surface area contributed by atoms with Crippen molar-refractivity contribution in [1.29, 1.82) is 0 Å². The van der Waals surface area contributed by atoms with E-state index in [-0.39, 0.29) is 43.6 Å². The second-order valence-corrected chi connectivity index (χ2v) is 5.34. The molecular weight excluding hydrogens is 317 g/mol. The van der Waals surface area contributed by atoms with Crippen LogP contribution in [0.2, 0.25) is 0 Å². The first kappa shape index (κ1) is 15.9. The number of benzene rings is 1. The van der Waals surface area contributed by atoms with Gasteiger partial charge in [-0.2, -0.15) is 0 Å². The lowest BCUT2D eigenvalue weighted by Crippen LogP contribution is -2.39. The lowest BCUT2D eigenvalue weighted by atomic mass is 10.1. The molecule has 124 valence electrons. The summed E-state index contributed by atoms with van der Waals surface area (Å²) in [6.45, 7) is -0.194. The van der Waals surface area contributed by atoms with Gasteiger partial charge in [0.1, 0.15) is 18.1 Å². The van der Waals surface area contributed by atoms with Crippen LogP contribution in [0.25, 0.3) is 11.3 Å². The standard InChI is InChI=1S/C16H14FN3O4/c17-11-3-1-10(2-4-11)13-7-12(19-24-13)8-18-14(21)9-20-15(22)5-6-16(20)23/h1-4,7H,5-6,8-9H2,(H,18,21). The Balaban J connectivity index is 1.55. The van der Waals surface area contributed by atoms with Crippen molar-refractivity contribution in [3.05, 3.63) is 41.8 Å². The van der Waals surface area contributed by atoms with Gasteiger partial charge in [0.2, 0.25) is 17.7 Å². The fraction of sp³-hybridized carbons (Fsp3) is 0.250. The molecule has 0 atom stereocenters. The molecule has 1 N–H and O–H groups in total. The molecule has 1 aliphatic rings. The molecule has 7 nitrogen and oxygen atoms in total. The van der Waals surface area contributed by atoms with Crippen LogP contribution in [0.4, 0.5) is 4.39 Å². The van der Waals surface area contributed by atoms with Crippen LogP contribution >= 0.6 is 0 Å². The average molecular weight is 331 g/mol. The normalized spacial score (nSPS) is 14.3. The Hall–Kier alpha value is -3.03. The van der Waals surface area contributed by atoms with Gasteiger partial charge in [-0.25, -0.2) is 4.39 Å². The highest BCUT2D eigenvalue weighted by Crippen LogP contribution is 2.20. The van der Waals surface area contributed by atoms with E-state index in [1.807, 2.05) is 0 Å². The summed E-state index contributed by atoms with van der Waals surface area (Å²) in [4.78, 5) is 35.7. The molecule has 1 aliphatic heterocycles. The van der Waals surface area contributed by atoms with Crippen LogP contribution in [0, 0.1) is 5.82 Å². The molecule has 0 spiro atoms. The summed E-state index contributed by atoms with van der Waals surface area (Å²) in [6, 6.07) is 7.36. The summed E-state index contributed by atoms with van der Waals surface area (Å²) in [5, 5.41) is 6.39. The third-order valence-electron chi connectivity index (χ3n) is 3.61. The van der Waals surface area contributed by atoms with Gasteiger partial charge in [-0.05, 0) is 24.3 Å². The topological polar surface area (TPSA) is 92.5 Å². The first-order chi connectivity index (χ1) is 11.5. The number of amides is 3. The summed E-state index contributed by atoms with van der Waals surface area (Å²) in [5.74, 6) is -1.03. The number of aromatic nitrogens is 1. The van der Waals surface area contributed by atoms with Crippen LogP contribution < -0.4 is 5.32 Å². The van der Waals surface area contributed by atoms with Crippen molar-refractivity contribution >= 4 is 17.7 Å². The number of hydrogen-bond acceptors (Lipinski definition) is 5. The van der Waals surface area contributed by atoms with Crippen molar-refractivity contribution in [2.45, 2.75) is 19.4 Å². The summed E-state index contributed by atoms with van der Waals surface area (Å²) in [6.07, 6.45) is 0.298. The van der Waals surface area contributed by atoms with Crippen LogP contribution in [0.15, 0.2) is 34.9 Å². The van der Waals surface area contributed by atoms with Crippen molar-refractivity contribution in [2.75, 3.05) is 6.54 Å². The molecule has 0 unspecified atom stereocenters. The van der Waals surface area contributed by atoms with Crippen LogP contribution in [0.1, 0.15) is 18.5 Å². The van der Waals surface area contributed by atoms with Gasteiger partial charge < -0.3 is 9.84 Å². The predicted octanol–water partition coefficient (Wildman–Crippen LogP) is 1.25. The second-order valence-electron chi connectivity index (χ2n) is 5.34. The highest BCUT2D eigenvalue weighted by molar-refractivity contribution is 6.04. The molecule has 24 heavy (non-hydrogen) atoms. The van der Waals surface area contributed by atoms with E-state index < -0.39 is 5.91 Å². The van der Waals surface area contributed by atoms with Crippen molar-refractivity contribution in [3.8, 4) is 11.3 Å². The van der Waals surface area contributed by atoms with Crippen LogP contribution in [-0.4, -0.2) is 34.3 Å². The Labute approximate surface area is 136 Å². The minimum Gasteiger partial charge on any atom is -0.356 e. The Kier molecular flexibility index (Phi) is 4.37. The number of carbonyl (C=O) groups excluding carboxylic acids is 3. The lowest BCUT2D eigenvalue weighted by Gasteiger charge is -2.12. The number of halogens is 1. The Morgan fingerprint density at radius 3 is 2.54 bits per heavy atom. The van der Waals surface area contributed by atoms with E-state index in [4.69, 9.17) is 4.52 Å². The van der Waals surface area contributed by atoms with E-state index in [0.29, 0.717) is 17.0 Å². The smallest absolute Gasteiger partial charge is 0.240 e. The molecule has 2 aromatic rings. The largest absolute Gasteiger partial charge is 0.356 e. The van der Waals surface area contributed by atoms with Crippen LogP contribution in [-0.2, 0) is 20.9 Å². The minimum absolute atomic E-state index is 0.0970. The molecule has 0 aliphatic carbocycles. The van der Waals surface area contributed by atoms with Gasteiger partial charge in [0.05, 0.1) is 6.54 Å². The van der Waals surface area contributed by atoms with Crippen LogP contribution in [0.5, 0.6) is 0 Å². The van der Waals surface area contributed by atoms with Gasteiger partial charge in [0.25, 0.3) is 0 Å². The van der Waals surface area contributed by atoms with Crippen LogP contribution in [0.3, 0.4) is 0 Å². The zero-order valence-corrected chi connectivity index (χ0v) is 12.6. The van der Waals surface area contributed by atoms with Crippen molar-refractivity contribution < 1.29 is 23.3 Å². The highest BCUT2D eigenvalue weighted by Gasteiger charge is 2.30. The van der Waals surface area contributed by atoms with E-state index in [1.165, 1.54) is 12.1 Å². The monoisotopic (exact) mass is 331 g/mol. The molecule has 3 rings (SSSR count). The molecule has 1 fully saturated rings. The van der Waals surface area contributed by atoms with E-state index >= 15 is 0 Å². The zero-order chi connectivity index (χ0) is 17.1. The first-order valence-electron chi connectivity index (χ1n) is 7.34. The fourth-order valence-corrected chi connectivity index (χ4v) is 2.33. The predicted molar refractivity (Wildman–Crippen MR) is 79.7 cm³/mol. The maximum atomic E-state index is 12.9. The van der Waals surface area contributed by atoms with Gasteiger partial charge >= 0.3 is 0 Å². The summed E-state index contributed by atoms with van der Waals surface area (Å²) in [5.41, 5.74) is 1.14. The molecule has 8 heteroatoms. The third-order valence-corrected chi connectivity index (χ3v) is 3.61. The van der Waals surface area contributed by atoms with E-state index in [1.54, 1.807) is 18.2 Å². The van der Waals surface area contributed by atoms with Gasteiger partial charge in [0, 0.05) is 24.5 Å². The van der Waals surface area contributed by atoms with Gasteiger partial charge in [0.15, 0.2) is 5.76 Å². The van der Waals surface area contributed by atoms with Crippen molar-refractivity contribution in [2.24, 2.45) is 0 Å². The number of rotatable bonds is 5. The SMILES string of the molecule is O=C(CN1C(=O)CCC1=O)NCc1cc(-c2ccc(F)cc2)on1. The first-order valence-corrected chi connectivity index (χ1v) is 7.34. The molecule has 1 aromatic heterocycles. The van der Waals surface area contributed by atoms with E-state index in [2.05, 4.69) is 10.5 Å². The quantitative estimate of drug-likeness (QED) is 0.832. The van der Waals surface area contributed by atoms with Crippen molar-refractivity contribution in [1.82, 2.24) is 15.4 Å². The third kappa shape index (κ3) is 3.48. The van der Waals surface area contributed by atoms with E-state index in [9.17, 15) is 18.8 Å². The number of likely N-dealkylation sites (tertiary alicyclic amines) is 1. The fourth-order valence-electron chi connectivity index (χ4n) is 2.33. The molecule has 0 bridgehead atoms. The summed E-state index contributed by atoms with van der Waals surface area (Å²) < 4.78 is 18.0. The number of hydrogen-bond donors (Lipinski definition) is 1. The van der Waals surface area contributed by atoms with E-state index in [0.717, 1.165) is 4.90 Å². The molecule has 1 saturated heterocycles. The van der Waals surface area contributed by atoms with Gasteiger partial charge in [-0.15, -0.1) is 0 Å². The number of carbonyl (C=O) groups is 3. The Morgan fingerprint density at radius 2 is 1.88 bits per heavy atom. The molecule has 0 radical (unpaired) electrons. The number of nitrogens with one attached hydrogen (secondary N) is 1. The van der Waals surface area contributed by atoms with Crippen molar-refractivity contribution in [3.63, 3.8) is 0 Å². The zero-order valence-electron chi connectivity index (χ0n) is 12.6. The number of imide groups is 1. The minimum atomic E-state index is -0.454. The highest BCUT2D eigenvalue weighted by atomic mass is 19.1. The molecule has 0 saturated carbocycles. The Bertz CT molecular complexity index is 769. The maximum absolute atomic E-state index is 12.9. The molecule has 3 amide bonds. The lowest BCUT2D eigenvalue weighted by molar-refractivity contribution is -0.142. The molecular formula is C16H14FN3O4. The second kappa shape index (κ2) is 6.61. The van der Waals surface area contributed by atoms with Gasteiger partial charge in [-0.3, -0.25) is 19.3 Å². The maximum Gasteiger partial charge on any atom is 0.240 e. The molecule has 2 heterocycles. The molecule has 1 aromatic carbocycles. The average Bonchev–Trinajstić information content (AvgIpc) is 3.16. The summed E-state index contributed by atoms with van der Waals surface area (Å²) >= 11 is 0. The Morgan fingerprint density at radius 1 is 1.21 bits per heavy atom. The summed E-state index contributed by atoms with van der Waals surface area (Å²) in [7, 11) is 0. The van der Waals surface area contributed by atoms with Gasteiger partial charge in [-0.1, -0.05) is 5.16 Å².